The van der Waals surface area contributed by atoms with E-state index >= 15 is 0 Å². The lowest BCUT2D eigenvalue weighted by molar-refractivity contribution is 0.104. The Morgan fingerprint density at radius 3 is 2.31 bits per heavy atom. The number of carbonyl (C=O) groups is 1. The Balaban J connectivity index is 1.82. The summed E-state index contributed by atoms with van der Waals surface area (Å²) in [6, 6.07) is 15.6. The van der Waals surface area contributed by atoms with Crippen LogP contribution >= 0.6 is 0 Å². The summed E-state index contributed by atoms with van der Waals surface area (Å²) in [5.74, 6) is 0.775. The minimum Gasteiger partial charge on any atom is -0.494 e. The molecule has 0 amide bonds. The van der Waals surface area contributed by atoms with Crippen molar-refractivity contribution < 1.29 is 9.53 Å². The summed E-state index contributed by atoms with van der Waals surface area (Å²) in [5, 5.41) is 3.15. The molecule has 0 bridgehead atoms. The Morgan fingerprint density at radius 2 is 1.65 bits per heavy atom. The lowest BCUT2D eigenvalue weighted by Gasteiger charge is -2.05. The third-order valence-electron chi connectivity index (χ3n) is 4.16. The summed E-state index contributed by atoms with van der Waals surface area (Å²) in [5.41, 5.74) is 2.98. The van der Waals surface area contributed by atoms with Crippen LogP contribution in [0.3, 0.4) is 0 Å². The fraction of sp³-hybridized carbons (Fsp3) is 0.348. The Morgan fingerprint density at radius 1 is 0.962 bits per heavy atom. The number of hydrogen-bond donors (Lipinski definition) is 1. The first-order valence-electron chi connectivity index (χ1n) is 9.52. The number of benzene rings is 2. The highest BCUT2D eigenvalue weighted by Crippen LogP contribution is 2.14. The molecule has 1 N–H and O–H groups in total. The van der Waals surface area contributed by atoms with Crippen molar-refractivity contribution in [2.75, 3.05) is 11.9 Å². The minimum absolute atomic E-state index is 0.0304. The van der Waals surface area contributed by atoms with Gasteiger partial charge >= 0.3 is 0 Å². The number of ether oxygens (including phenoxy) is 1. The van der Waals surface area contributed by atoms with Crippen LogP contribution in [-0.4, -0.2) is 12.4 Å². The lowest BCUT2D eigenvalue weighted by atomic mass is 10.1. The van der Waals surface area contributed by atoms with Crippen molar-refractivity contribution >= 4 is 11.5 Å². The molecule has 138 valence electrons. The second kappa shape index (κ2) is 11.1. The summed E-state index contributed by atoms with van der Waals surface area (Å²) in [4.78, 5) is 12.2. The number of rotatable bonds is 11. The van der Waals surface area contributed by atoms with Gasteiger partial charge in [0.15, 0.2) is 5.78 Å². The summed E-state index contributed by atoms with van der Waals surface area (Å²) < 4.78 is 5.61. The number of carbonyl (C=O) groups excluding carboxylic acids is 1. The summed E-state index contributed by atoms with van der Waals surface area (Å²) >= 11 is 0. The Bertz CT molecular complexity index is 687. The number of anilines is 1. The molecule has 0 heterocycles. The SMILES string of the molecule is CCCCOc1ccc(C(=O)C=CNc2ccc(CCCC)cc2)cc1. The standard InChI is InChI=1S/C23H29NO2/c1-3-5-7-19-8-12-21(13-9-19)24-17-16-23(25)20-10-14-22(15-11-20)26-18-6-4-2/h8-17,24H,3-7,18H2,1-2H3. The Labute approximate surface area is 157 Å². The molecule has 0 atom stereocenters. The maximum Gasteiger partial charge on any atom is 0.187 e. The molecular weight excluding hydrogens is 322 g/mol. The predicted octanol–water partition coefficient (Wildman–Crippen LogP) is 6.02. The highest BCUT2D eigenvalue weighted by molar-refractivity contribution is 6.04. The van der Waals surface area contributed by atoms with E-state index in [2.05, 4.69) is 31.3 Å². The smallest absolute Gasteiger partial charge is 0.187 e. The molecule has 3 nitrogen and oxygen atoms in total. The summed E-state index contributed by atoms with van der Waals surface area (Å²) in [6.45, 7) is 5.04. The highest BCUT2D eigenvalue weighted by atomic mass is 16.5. The molecule has 0 fully saturated rings. The van der Waals surface area contributed by atoms with E-state index in [4.69, 9.17) is 4.74 Å². The molecule has 26 heavy (non-hydrogen) atoms. The van der Waals surface area contributed by atoms with Gasteiger partial charge in [0.05, 0.1) is 6.61 Å². The molecule has 0 radical (unpaired) electrons. The molecule has 0 aliphatic rings. The zero-order valence-electron chi connectivity index (χ0n) is 15.8. The van der Waals surface area contributed by atoms with Gasteiger partial charge in [0.2, 0.25) is 0 Å². The van der Waals surface area contributed by atoms with Crippen LogP contribution in [0.15, 0.2) is 60.8 Å². The van der Waals surface area contributed by atoms with Gasteiger partial charge in [0, 0.05) is 23.5 Å². The van der Waals surface area contributed by atoms with Crippen molar-refractivity contribution in [2.45, 2.75) is 46.0 Å². The first kappa shape index (κ1) is 19.8. The molecule has 0 saturated carbocycles. The average Bonchev–Trinajstić information content (AvgIpc) is 2.68. The van der Waals surface area contributed by atoms with Gasteiger partial charge in [-0.3, -0.25) is 4.79 Å². The number of hydrogen-bond acceptors (Lipinski definition) is 3. The van der Waals surface area contributed by atoms with E-state index in [0.717, 1.165) is 30.7 Å². The van der Waals surface area contributed by atoms with Gasteiger partial charge in [-0.1, -0.05) is 38.8 Å². The normalized spacial score (nSPS) is 10.8. The zero-order chi connectivity index (χ0) is 18.6. The molecule has 0 spiro atoms. The van der Waals surface area contributed by atoms with Crippen LogP contribution in [0.1, 0.15) is 55.5 Å². The van der Waals surface area contributed by atoms with Gasteiger partial charge in [-0.15, -0.1) is 0 Å². The van der Waals surface area contributed by atoms with Crippen molar-refractivity contribution in [3.05, 3.63) is 71.9 Å². The van der Waals surface area contributed by atoms with E-state index in [1.54, 1.807) is 24.4 Å². The summed E-state index contributed by atoms with van der Waals surface area (Å²) in [6.07, 6.45) is 8.92. The van der Waals surface area contributed by atoms with Crippen LogP contribution in [0, 0.1) is 0 Å². The fourth-order valence-corrected chi connectivity index (χ4v) is 2.51. The molecule has 2 aromatic carbocycles. The molecule has 0 aromatic heterocycles. The largest absolute Gasteiger partial charge is 0.494 e. The fourth-order valence-electron chi connectivity index (χ4n) is 2.51. The molecule has 0 aliphatic carbocycles. The van der Waals surface area contributed by atoms with Crippen LogP contribution < -0.4 is 10.1 Å². The van der Waals surface area contributed by atoms with Crippen LogP contribution in [0.5, 0.6) is 5.75 Å². The Kier molecular flexibility index (Phi) is 8.47. The molecule has 0 saturated heterocycles. The number of aryl methyl sites for hydroxylation is 1. The average molecular weight is 351 g/mol. The van der Waals surface area contributed by atoms with Crippen LogP contribution in [0.2, 0.25) is 0 Å². The number of unbranched alkanes of at least 4 members (excludes halogenated alkanes) is 2. The monoisotopic (exact) mass is 351 g/mol. The van der Waals surface area contributed by atoms with Crippen molar-refractivity contribution in [1.29, 1.82) is 0 Å². The number of nitrogens with one attached hydrogen (secondary N) is 1. The Hall–Kier alpha value is -2.55. The van der Waals surface area contributed by atoms with E-state index in [1.165, 1.54) is 18.4 Å². The number of allylic oxidation sites excluding steroid dienone is 1. The van der Waals surface area contributed by atoms with Gasteiger partial charge in [-0.25, -0.2) is 0 Å². The molecule has 2 aromatic rings. The van der Waals surface area contributed by atoms with Gasteiger partial charge in [-0.05, 0) is 61.2 Å². The van der Waals surface area contributed by atoms with E-state index in [-0.39, 0.29) is 5.78 Å². The van der Waals surface area contributed by atoms with Crippen molar-refractivity contribution in [1.82, 2.24) is 0 Å². The zero-order valence-corrected chi connectivity index (χ0v) is 15.8. The molecule has 3 heteroatoms. The maximum atomic E-state index is 12.2. The van der Waals surface area contributed by atoms with Crippen molar-refractivity contribution in [3.8, 4) is 5.75 Å². The third-order valence-corrected chi connectivity index (χ3v) is 4.16. The van der Waals surface area contributed by atoms with Crippen molar-refractivity contribution in [3.63, 3.8) is 0 Å². The van der Waals surface area contributed by atoms with Crippen LogP contribution in [-0.2, 0) is 6.42 Å². The first-order chi connectivity index (χ1) is 12.7. The lowest BCUT2D eigenvalue weighted by Crippen LogP contribution is -1.99. The van der Waals surface area contributed by atoms with Crippen molar-refractivity contribution in [2.24, 2.45) is 0 Å². The van der Waals surface area contributed by atoms with Gasteiger partial charge in [-0.2, -0.15) is 0 Å². The van der Waals surface area contributed by atoms with E-state index in [1.807, 2.05) is 24.3 Å². The molecule has 2 rings (SSSR count). The second-order valence-electron chi connectivity index (χ2n) is 6.37. The minimum atomic E-state index is -0.0304. The predicted molar refractivity (Wildman–Crippen MR) is 109 cm³/mol. The van der Waals surface area contributed by atoms with Crippen LogP contribution in [0.4, 0.5) is 5.69 Å². The molecular formula is C23H29NO2. The maximum absolute atomic E-state index is 12.2. The quantitative estimate of drug-likeness (QED) is 0.306. The molecule has 0 unspecified atom stereocenters. The highest BCUT2D eigenvalue weighted by Gasteiger charge is 2.02. The second-order valence-corrected chi connectivity index (χ2v) is 6.37. The first-order valence-corrected chi connectivity index (χ1v) is 9.52. The van der Waals surface area contributed by atoms with Crippen LogP contribution in [0.25, 0.3) is 0 Å². The third kappa shape index (κ3) is 6.75. The van der Waals surface area contributed by atoms with E-state index in [0.29, 0.717) is 12.2 Å². The molecule has 0 aliphatic heterocycles. The van der Waals surface area contributed by atoms with Gasteiger partial charge < -0.3 is 10.1 Å². The number of ketones is 1. The van der Waals surface area contributed by atoms with E-state index < -0.39 is 0 Å². The summed E-state index contributed by atoms with van der Waals surface area (Å²) in [7, 11) is 0. The topological polar surface area (TPSA) is 38.3 Å². The van der Waals surface area contributed by atoms with Gasteiger partial charge in [0.1, 0.15) is 5.75 Å². The van der Waals surface area contributed by atoms with E-state index in [9.17, 15) is 4.79 Å². The van der Waals surface area contributed by atoms with Gasteiger partial charge in [0.25, 0.3) is 0 Å².